The largest absolute Gasteiger partial charge is 0.327 e. The molecule has 0 amide bonds. The highest BCUT2D eigenvalue weighted by atomic mass is 15.2. The molecule has 3 rings (SSSR count). The number of nitrogens with two attached hydrogens (primary N) is 1. The predicted molar refractivity (Wildman–Crippen MR) is 59.2 cm³/mol. The lowest BCUT2D eigenvalue weighted by atomic mass is 10.0. The third kappa shape index (κ3) is 1.59. The summed E-state index contributed by atoms with van der Waals surface area (Å²) < 4.78 is 1.86. The monoisotopic (exact) mass is 205 g/mol. The van der Waals surface area contributed by atoms with E-state index in [9.17, 15) is 0 Å². The highest BCUT2D eigenvalue weighted by Gasteiger charge is 2.54. The first kappa shape index (κ1) is 9.40. The molecule has 2 N–H and O–H groups in total. The summed E-state index contributed by atoms with van der Waals surface area (Å²) in [5, 5.41) is 4.39. The fraction of sp³-hybridized carbons (Fsp3) is 0.750. The normalized spacial score (nSPS) is 35.2. The SMILES string of the molecule is Cn1ccc(CC(N)C2C3CCCC32)n1. The van der Waals surface area contributed by atoms with Crippen molar-refractivity contribution in [1.29, 1.82) is 0 Å². The van der Waals surface area contributed by atoms with E-state index in [0.717, 1.165) is 29.9 Å². The summed E-state index contributed by atoms with van der Waals surface area (Å²) in [5.41, 5.74) is 7.41. The van der Waals surface area contributed by atoms with Gasteiger partial charge in [0.05, 0.1) is 5.69 Å². The molecule has 2 aliphatic rings. The van der Waals surface area contributed by atoms with Crippen LogP contribution in [0.4, 0.5) is 0 Å². The summed E-state index contributed by atoms with van der Waals surface area (Å²) in [4.78, 5) is 0. The van der Waals surface area contributed by atoms with E-state index in [1.165, 1.54) is 19.3 Å². The van der Waals surface area contributed by atoms with Crippen molar-refractivity contribution in [2.75, 3.05) is 0 Å². The molecule has 2 fully saturated rings. The fourth-order valence-corrected chi connectivity index (χ4v) is 3.46. The second-order valence-corrected chi connectivity index (χ2v) is 5.18. The van der Waals surface area contributed by atoms with E-state index in [1.807, 2.05) is 17.9 Å². The van der Waals surface area contributed by atoms with Crippen LogP contribution in [0.3, 0.4) is 0 Å². The zero-order chi connectivity index (χ0) is 10.4. The zero-order valence-corrected chi connectivity index (χ0v) is 9.26. The standard InChI is InChI=1S/C12H19N3/c1-15-6-5-8(14-15)7-11(13)12-9-3-2-4-10(9)12/h5-6,9-12H,2-4,7,13H2,1H3. The third-order valence-corrected chi connectivity index (χ3v) is 4.18. The quantitative estimate of drug-likeness (QED) is 0.809. The van der Waals surface area contributed by atoms with Crippen LogP contribution in [0.1, 0.15) is 25.0 Å². The van der Waals surface area contributed by atoms with Gasteiger partial charge < -0.3 is 5.73 Å². The van der Waals surface area contributed by atoms with E-state index >= 15 is 0 Å². The molecule has 0 aromatic carbocycles. The second kappa shape index (κ2) is 3.34. The van der Waals surface area contributed by atoms with Crippen molar-refractivity contribution in [2.45, 2.75) is 31.7 Å². The maximum absolute atomic E-state index is 6.26. The molecule has 0 bridgehead atoms. The number of hydrogen-bond acceptors (Lipinski definition) is 2. The Bertz CT molecular complexity index is 348. The number of aromatic nitrogens is 2. The smallest absolute Gasteiger partial charge is 0.0640 e. The Morgan fingerprint density at radius 3 is 2.87 bits per heavy atom. The molecule has 2 saturated carbocycles. The maximum atomic E-state index is 6.26. The van der Waals surface area contributed by atoms with Gasteiger partial charge in [-0.3, -0.25) is 4.68 Å². The molecule has 82 valence electrons. The maximum Gasteiger partial charge on any atom is 0.0640 e. The van der Waals surface area contributed by atoms with Gasteiger partial charge in [0.15, 0.2) is 0 Å². The minimum absolute atomic E-state index is 0.343. The van der Waals surface area contributed by atoms with Gasteiger partial charge in [-0.2, -0.15) is 5.10 Å². The number of rotatable bonds is 3. The first-order chi connectivity index (χ1) is 7.25. The summed E-state index contributed by atoms with van der Waals surface area (Å²) in [5.74, 6) is 2.73. The molecule has 3 heteroatoms. The predicted octanol–water partition coefficient (Wildman–Crippen LogP) is 1.34. The molecule has 1 aromatic heterocycles. The van der Waals surface area contributed by atoms with Crippen LogP contribution in [-0.2, 0) is 13.5 Å². The highest BCUT2D eigenvalue weighted by molar-refractivity contribution is 5.10. The van der Waals surface area contributed by atoms with Crippen molar-refractivity contribution >= 4 is 0 Å². The molecular formula is C12H19N3. The van der Waals surface area contributed by atoms with Crippen LogP contribution in [0.25, 0.3) is 0 Å². The molecule has 1 aromatic rings. The van der Waals surface area contributed by atoms with Gasteiger partial charge in [-0.05, 0) is 36.7 Å². The molecule has 1 heterocycles. The molecule has 3 nitrogen and oxygen atoms in total. The molecule has 15 heavy (non-hydrogen) atoms. The lowest BCUT2D eigenvalue weighted by Gasteiger charge is -2.11. The van der Waals surface area contributed by atoms with Crippen molar-refractivity contribution in [2.24, 2.45) is 30.5 Å². The van der Waals surface area contributed by atoms with Gasteiger partial charge in [0.25, 0.3) is 0 Å². The van der Waals surface area contributed by atoms with Crippen molar-refractivity contribution < 1.29 is 0 Å². The fourth-order valence-electron chi connectivity index (χ4n) is 3.46. The van der Waals surface area contributed by atoms with Crippen LogP contribution in [0.15, 0.2) is 12.3 Å². The summed E-state index contributed by atoms with van der Waals surface area (Å²) in [7, 11) is 1.96. The molecule has 0 aliphatic heterocycles. The average Bonchev–Trinajstić information content (AvgIpc) is 2.60. The van der Waals surface area contributed by atoms with Crippen LogP contribution in [-0.4, -0.2) is 15.8 Å². The highest BCUT2D eigenvalue weighted by Crippen LogP contribution is 2.58. The van der Waals surface area contributed by atoms with Crippen molar-refractivity contribution in [1.82, 2.24) is 9.78 Å². The molecule has 3 unspecified atom stereocenters. The minimum Gasteiger partial charge on any atom is -0.327 e. The second-order valence-electron chi connectivity index (χ2n) is 5.18. The van der Waals surface area contributed by atoms with Gasteiger partial charge in [-0.25, -0.2) is 0 Å². The Balaban J connectivity index is 1.60. The van der Waals surface area contributed by atoms with Crippen molar-refractivity contribution in [3.8, 4) is 0 Å². The average molecular weight is 205 g/mol. The van der Waals surface area contributed by atoms with Crippen LogP contribution in [0, 0.1) is 17.8 Å². The number of nitrogens with zero attached hydrogens (tertiary/aromatic N) is 2. The van der Waals surface area contributed by atoms with Gasteiger partial charge in [-0.1, -0.05) is 6.42 Å². The Morgan fingerprint density at radius 1 is 1.53 bits per heavy atom. The van der Waals surface area contributed by atoms with Crippen LogP contribution >= 0.6 is 0 Å². The Labute approximate surface area is 90.7 Å². The summed E-state index contributed by atoms with van der Waals surface area (Å²) in [6, 6.07) is 2.42. The van der Waals surface area contributed by atoms with Crippen LogP contribution in [0.5, 0.6) is 0 Å². The minimum atomic E-state index is 0.343. The van der Waals surface area contributed by atoms with E-state index < -0.39 is 0 Å². The summed E-state index contributed by atoms with van der Waals surface area (Å²) in [6.45, 7) is 0. The van der Waals surface area contributed by atoms with E-state index in [1.54, 1.807) is 0 Å². The van der Waals surface area contributed by atoms with Gasteiger partial charge in [0.2, 0.25) is 0 Å². The molecule has 0 radical (unpaired) electrons. The molecular weight excluding hydrogens is 186 g/mol. The Hall–Kier alpha value is -0.830. The lowest BCUT2D eigenvalue weighted by Crippen LogP contribution is -2.27. The lowest BCUT2D eigenvalue weighted by molar-refractivity contribution is 0.479. The van der Waals surface area contributed by atoms with Gasteiger partial charge in [-0.15, -0.1) is 0 Å². The van der Waals surface area contributed by atoms with Gasteiger partial charge in [0, 0.05) is 25.7 Å². The van der Waals surface area contributed by atoms with E-state index in [4.69, 9.17) is 5.73 Å². The molecule has 0 saturated heterocycles. The molecule has 0 spiro atoms. The first-order valence-corrected chi connectivity index (χ1v) is 6.00. The van der Waals surface area contributed by atoms with Gasteiger partial charge >= 0.3 is 0 Å². The zero-order valence-electron chi connectivity index (χ0n) is 9.26. The molecule has 2 aliphatic carbocycles. The van der Waals surface area contributed by atoms with E-state index in [2.05, 4.69) is 11.2 Å². The summed E-state index contributed by atoms with van der Waals surface area (Å²) in [6.07, 6.45) is 7.23. The number of aryl methyl sites for hydroxylation is 1. The number of hydrogen-bond donors (Lipinski definition) is 1. The van der Waals surface area contributed by atoms with Crippen LogP contribution < -0.4 is 5.73 Å². The Kier molecular flexibility index (Phi) is 2.09. The van der Waals surface area contributed by atoms with Crippen LogP contribution in [0.2, 0.25) is 0 Å². The van der Waals surface area contributed by atoms with Gasteiger partial charge in [0.1, 0.15) is 0 Å². The molecule has 3 atom stereocenters. The number of fused-ring (bicyclic) bond motifs is 1. The Morgan fingerprint density at radius 2 is 2.27 bits per heavy atom. The topological polar surface area (TPSA) is 43.8 Å². The first-order valence-electron chi connectivity index (χ1n) is 6.00. The van der Waals surface area contributed by atoms with E-state index in [0.29, 0.717) is 6.04 Å². The van der Waals surface area contributed by atoms with Crippen molar-refractivity contribution in [3.63, 3.8) is 0 Å². The van der Waals surface area contributed by atoms with Crippen molar-refractivity contribution in [3.05, 3.63) is 18.0 Å². The summed E-state index contributed by atoms with van der Waals surface area (Å²) >= 11 is 0. The third-order valence-electron chi connectivity index (χ3n) is 4.18. The van der Waals surface area contributed by atoms with E-state index in [-0.39, 0.29) is 0 Å².